The molecule has 1 amide bonds. The molecule has 2 heterocycles. The Kier molecular flexibility index (Phi) is 2.60. The number of aromatic nitrogens is 2. The summed E-state index contributed by atoms with van der Waals surface area (Å²) in [6, 6.07) is 5.09. The third-order valence-corrected chi connectivity index (χ3v) is 2.61. The van der Waals surface area contributed by atoms with Crippen LogP contribution in [0.4, 0.5) is 0 Å². The third-order valence-electron chi connectivity index (χ3n) is 2.61. The summed E-state index contributed by atoms with van der Waals surface area (Å²) in [7, 11) is 0. The maximum absolute atomic E-state index is 11.9. The Morgan fingerprint density at radius 1 is 1.39 bits per heavy atom. The topological polar surface area (TPSA) is 76.2 Å². The van der Waals surface area contributed by atoms with Gasteiger partial charge >= 0.3 is 0 Å². The average Bonchev–Trinajstić information content (AvgIpc) is 3.05. The summed E-state index contributed by atoms with van der Waals surface area (Å²) in [5.41, 5.74) is 0.533. The summed E-state index contributed by atoms with van der Waals surface area (Å²) in [6.45, 7) is 0.563. The lowest BCUT2D eigenvalue weighted by Gasteiger charge is -2.04. The molecule has 0 fully saturated rings. The quantitative estimate of drug-likeness (QED) is 0.848. The number of carbonyl (C=O) groups excluding carboxylic acids is 1. The molecule has 0 spiro atoms. The number of nitrogens with zero attached hydrogens (tertiary/aromatic N) is 1. The third kappa shape index (κ3) is 2.00. The van der Waals surface area contributed by atoms with Crippen molar-refractivity contribution >= 4 is 5.91 Å². The summed E-state index contributed by atoms with van der Waals surface area (Å²) in [4.78, 5) is 18.8. The van der Waals surface area contributed by atoms with Gasteiger partial charge in [0.15, 0.2) is 11.5 Å². The van der Waals surface area contributed by atoms with Crippen molar-refractivity contribution in [3.63, 3.8) is 0 Å². The van der Waals surface area contributed by atoms with E-state index in [1.165, 1.54) is 0 Å². The second-order valence-corrected chi connectivity index (χ2v) is 3.79. The van der Waals surface area contributed by atoms with Crippen LogP contribution in [-0.4, -0.2) is 22.7 Å². The van der Waals surface area contributed by atoms with Gasteiger partial charge in [0.2, 0.25) is 6.79 Å². The molecule has 0 bridgehead atoms. The van der Waals surface area contributed by atoms with Gasteiger partial charge in [0.1, 0.15) is 5.82 Å². The number of ether oxygens (including phenoxy) is 2. The van der Waals surface area contributed by atoms with Crippen LogP contribution in [0.5, 0.6) is 11.5 Å². The van der Waals surface area contributed by atoms with Crippen molar-refractivity contribution in [2.24, 2.45) is 0 Å². The first-order chi connectivity index (χ1) is 8.83. The molecular weight excluding hydrogens is 234 g/mol. The number of aromatic amines is 1. The highest BCUT2D eigenvalue weighted by Crippen LogP contribution is 2.32. The van der Waals surface area contributed by atoms with Gasteiger partial charge in [-0.15, -0.1) is 0 Å². The summed E-state index contributed by atoms with van der Waals surface area (Å²) < 4.78 is 10.4. The Balaban J connectivity index is 1.69. The summed E-state index contributed by atoms with van der Waals surface area (Å²) >= 11 is 0. The molecule has 2 aromatic rings. The molecule has 18 heavy (non-hydrogen) atoms. The SMILES string of the molecule is O=C(NCc1ncc[nH]1)c1ccc2c(c1)OCO2. The fourth-order valence-electron chi connectivity index (χ4n) is 1.70. The fraction of sp³-hybridized carbons (Fsp3) is 0.167. The number of carbonyl (C=O) groups is 1. The smallest absolute Gasteiger partial charge is 0.251 e. The summed E-state index contributed by atoms with van der Waals surface area (Å²) in [5.74, 6) is 1.80. The lowest BCUT2D eigenvalue weighted by molar-refractivity contribution is 0.0949. The van der Waals surface area contributed by atoms with Gasteiger partial charge in [-0.3, -0.25) is 4.79 Å². The van der Waals surface area contributed by atoms with Gasteiger partial charge in [-0.2, -0.15) is 0 Å². The predicted molar refractivity (Wildman–Crippen MR) is 62.3 cm³/mol. The number of hydrogen-bond donors (Lipinski definition) is 2. The maximum Gasteiger partial charge on any atom is 0.251 e. The normalized spacial score (nSPS) is 12.4. The number of fused-ring (bicyclic) bond motifs is 1. The first kappa shape index (κ1) is 10.6. The number of imidazole rings is 1. The van der Waals surface area contributed by atoms with E-state index in [2.05, 4.69) is 15.3 Å². The van der Waals surface area contributed by atoms with Gasteiger partial charge in [-0.05, 0) is 18.2 Å². The van der Waals surface area contributed by atoms with Crippen molar-refractivity contribution in [2.45, 2.75) is 6.54 Å². The molecule has 1 aliphatic heterocycles. The van der Waals surface area contributed by atoms with E-state index in [4.69, 9.17) is 9.47 Å². The number of benzene rings is 1. The van der Waals surface area contributed by atoms with E-state index in [0.29, 0.717) is 29.4 Å². The van der Waals surface area contributed by atoms with E-state index in [-0.39, 0.29) is 12.7 Å². The number of nitrogens with one attached hydrogen (secondary N) is 2. The largest absolute Gasteiger partial charge is 0.454 e. The number of amides is 1. The van der Waals surface area contributed by atoms with Crippen LogP contribution in [-0.2, 0) is 6.54 Å². The van der Waals surface area contributed by atoms with Crippen molar-refractivity contribution in [1.82, 2.24) is 15.3 Å². The average molecular weight is 245 g/mol. The minimum Gasteiger partial charge on any atom is -0.454 e. The Hall–Kier alpha value is -2.50. The molecule has 0 atom stereocenters. The van der Waals surface area contributed by atoms with E-state index in [1.807, 2.05) is 0 Å². The molecule has 0 radical (unpaired) electrons. The number of rotatable bonds is 3. The zero-order valence-electron chi connectivity index (χ0n) is 9.47. The lowest BCUT2D eigenvalue weighted by atomic mass is 10.2. The molecule has 1 aromatic heterocycles. The van der Waals surface area contributed by atoms with Crippen LogP contribution in [0, 0.1) is 0 Å². The van der Waals surface area contributed by atoms with E-state index in [1.54, 1.807) is 30.6 Å². The lowest BCUT2D eigenvalue weighted by Crippen LogP contribution is -2.23. The Labute approximate surface area is 103 Å². The van der Waals surface area contributed by atoms with Crippen molar-refractivity contribution < 1.29 is 14.3 Å². The van der Waals surface area contributed by atoms with E-state index in [0.717, 1.165) is 0 Å². The molecule has 1 aromatic carbocycles. The van der Waals surface area contributed by atoms with Crippen LogP contribution >= 0.6 is 0 Å². The second-order valence-electron chi connectivity index (χ2n) is 3.79. The zero-order chi connectivity index (χ0) is 12.4. The van der Waals surface area contributed by atoms with Crippen molar-refractivity contribution in [2.75, 3.05) is 6.79 Å². The van der Waals surface area contributed by atoms with Crippen LogP contribution in [0.3, 0.4) is 0 Å². The first-order valence-corrected chi connectivity index (χ1v) is 5.49. The Morgan fingerprint density at radius 2 is 2.28 bits per heavy atom. The van der Waals surface area contributed by atoms with Crippen LogP contribution < -0.4 is 14.8 Å². The molecule has 3 rings (SSSR count). The number of hydrogen-bond acceptors (Lipinski definition) is 4. The fourth-order valence-corrected chi connectivity index (χ4v) is 1.70. The zero-order valence-corrected chi connectivity index (χ0v) is 9.47. The van der Waals surface area contributed by atoms with Crippen molar-refractivity contribution in [1.29, 1.82) is 0 Å². The molecular formula is C12H11N3O3. The molecule has 2 N–H and O–H groups in total. The van der Waals surface area contributed by atoms with E-state index >= 15 is 0 Å². The highest BCUT2D eigenvalue weighted by molar-refractivity contribution is 5.94. The maximum atomic E-state index is 11.9. The standard InChI is InChI=1S/C12H11N3O3/c16-12(15-6-11-13-3-4-14-11)8-1-2-9-10(5-8)18-7-17-9/h1-5H,6-7H2,(H,13,14)(H,15,16). The first-order valence-electron chi connectivity index (χ1n) is 5.49. The van der Waals surface area contributed by atoms with E-state index < -0.39 is 0 Å². The van der Waals surface area contributed by atoms with Crippen LogP contribution in [0.2, 0.25) is 0 Å². The van der Waals surface area contributed by atoms with Gasteiger partial charge in [0.25, 0.3) is 5.91 Å². The number of H-pyrrole nitrogens is 1. The monoisotopic (exact) mass is 245 g/mol. The highest BCUT2D eigenvalue weighted by atomic mass is 16.7. The minimum absolute atomic E-state index is 0.176. The molecule has 0 unspecified atom stereocenters. The van der Waals surface area contributed by atoms with Crippen LogP contribution in [0.1, 0.15) is 16.2 Å². The molecule has 1 aliphatic rings. The second kappa shape index (κ2) is 4.40. The van der Waals surface area contributed by atoms with Crippen molar-refractivity contribution in [3.05, 3.63) is 42.0 Å². The van der Waals surface area contributed by atoms with Gasteiger partial charge in [-0.1, -0.05) is 0 Å². The molecule has 6 heteroatoms. The predicted octanol–water partition coefficient (Wildman–Crippen LogP) is 1.07. The highest BCUT2D eigenvalue weighted by Gasteiger charge is 2.16. The summed E-state index contributed by atoms with van der Waals surface area (Å²) in [5, 5.41) is 2.76. The molecule has 6 nitrogen and oxygen atoms in total. The molecule has 0 aliphatic carbocycles. The summed E-state index contributed by atoms with van der Waals surface area (Å²) in [6.07, 6.45) is 3.35. The van der Waals surface area contributed by atoms with Crippen molar-refractivity contribution in [3.8, 4) is 11.5 Å². The van der Waals surface area contributed by atoms with Gasteiger partial charge in [-0.25, -0.2) is 4.98 Å². The van der Waals surface area contributed by atoms with E-state index in [9.17, 15) is 4.79 Å². The molecule has 0 saturated carbocycles. The van der Waals surface area contributed by atoms with Crippen LogP contribution in [0.15, 0.2) is 30.6 Å². The Bertz CT molecular complexity index is 566. The van der Waals surface area contributed by atoms with Gasteiger partial charge < -0.3 is 19.8 Å². The van der Waals surface area contributed by atoms with Crippen LogP contribution in [0.25, 0.3) is 0 Å². The molecule has 92 valence electrons. The minimum atomic E-state index is -0.176. The van der Waals surface area contributed by atoms with Gasteiger partial charge in [0, 0.05) is 18.0 Å². The molecule has 0 saturated heterocycles. The van der Waals surface area contributed by atoms with Gasteiger partial charge in [0.05, 0.1) is 6.54 Å². The Morgan fingerprint density at radius 3 is 3.11 bits per heavy atom.